The number of phosphoric acid groups is 1. The summed E-state index contributed by atoms with van der Waals surface area (Å²) in [4.78, 5) is 21.8. The lowest BCUT2D eigenvalue weighted by Crippen LogP contribution is -2.32. The number of rotatable bonds is 22. The van der Waals surface area contributed by atoms with Crippen molar-refractivity contribution in [3.8, 4) is 0 Å². The van der Waals surface area contributed by atoms with Gasteiger partial charge in [-0.1, -0.05) is 64.0 Å². The molecule has 8 nitrogen and oxygen atoms in total. The maximum atomic E-state index is 12.2. The molecule has 0 rings (SSSR count). The Morgan fingerprint density at radius 2 is 1.52 bits per heavy atom. The van der Waals surface area contributed by atoms with Crippen LogP contribution in [0.2, 0.25) is 0 Å². The summed E-state index contributed by atoms with van der Waals surface area (Å²) in [6.07, 6.45) is 11.0. The predicted octanol–water partition coefficient (Wildman–Crippen LogP) is 4.02. The van der Waals surface area contributed by atoms with Crippen LogP contribution in [0.4, 0.5) is 0 Å². The quantitative estimate of drug-likeness (QED) is 0.107. The highest BCUT2D eigenvalue weighted by Gasteiger charge is 2.30. The van der Waals surface area contributed by atoms with E-state index in [-0.39, 0.29) is 18.7 Å². The van der Waals surface area contributed by atoms with Gasteiger partial charge in [0, 0.05) is 13.0 Å². The molecular formula is C22H44NO7P. The molecule has 0 aliphatic carbocycles. The third-order valence-corrected chi connectivity index (χ3v) is 6.06. The first-order valence-electron chi connectivity index (χ1n) is 11.6. The molecule has 0 aromatic heterocycles. The van der Waals surface area contributed by atoms with Gasteiger partial charge >= 0.3 is 7.82 Å². The van der Waals surface area contributed by atoms with Crippen molar-refractivity contribution >= 4 is 13.6 Å². The third kappa shape index (κ3) is 17.6. The summed E-state index contributed by atoms with van der Waals surface area (Å²) in [5, 5.41) is 17.9. The average molecular weight is 466 g/mol. The molecule has 0 aliphatic heterocycles. The highest BCUT2D eigenvalue weighted by Crippen LogP contribution is 2.44. The van der Waals surface area contributed by atoms with Gasteiger partial charge in [0.05, 0.1) is 13.2 Å². The maximum absolute atomic E-state index is 12.2. The molecule has 0 spiro atoms. The molecule has 0 saturated carbocycles. The molecule has 2 unspecified atom stereocenters. The number of phosphoric ester groups is 1. The van der Waals surface area contributed by atoms with E-state index in [4.69, 9.17) is 20.5 Å². The van der Waals surface area contributed by atoms with Crippen LogP contribution in [0, 0.1) is 0 Å². The van der Waals surface area contributed by atoms with Crippen molar-refractivity contribution in [3.63, 3.8) is 0 Å². The van der Waals surface area contributed by atoms with E-state index in [1.807, 2.05) is 0 Å². The molecule has 5 N–H and O–H groups in total. The normalized spacial score (nSPS) is 15.4. The van der Waals surface area contributed by atoms with Crippen molar-refractivity contribution in [1.29, 1.82) is 0 Å². The number of carbonyl (C=O) groups excluding carboxylic acids is 1. The summed E-state index contributed by atoms with van der Waals surface area (Å²) < 4.78 is 21.2. The Labute approximate surface area is 187 Å². The van der Waals surface area contributed by atoms with Gasteiger partial charge in [0.15, 0.2) is 5.78 Å². The van der Waals surface area contributed by atoms with Crippen LogP contribution in [0.1, 0.15) is 90.4 Å². The first-order valence-corrected chi connectivity index (χ1v) is 13.1. The fourth-order valence-corrected chi connectivity index (χ4v) is 4.07. The number of allylic oxidation sites excluding steroid dienone is 1. The van der Waals surface area contributed by atoms with Crippen LogP contribution in [-0.2, 0) is 18.4 Å². The Morgan fingerprint density at radius 1 is 1.00 bits per heavy atom. The zero-order chi connectivity index (χ0) is 23.5. The van der Waals surface area contributed by atoms with Crippen LogP contribution in [0.3, 0.4) is 0 Å². The number of aliphatic hydroxyl groups excluding tert-OH is 2. The zero-order valence-corrected chi connectivity index (χ0v) is 20.1. The van der Waals surface area contributed by atoms with E-state index < -0.39 is 33.2 Å². The molecule has 0 heterocycles. The van der Waals surface area contributed by atoms with Crippen molar-refractivity contribution in [2.75, 3.05) is 19.8 Å². The Hall–Kier alpha value is -0.600. The molecule has 0 aromatic carbocycles. The minimum Gasteiger partial charge on any atom is -0.394 e. The van der Waals surface area contributed by atoms with Crippen LogP contribution in [0.25, 0.3) is 0 Å². The van der Waals surface area contributed by atoms with Gasteiger partial charge in [0.25, 0.3) is 0 Å². The molecule has 0 radical (unpaired) electrons. The fraction of sp³-hybridized carbons (Fsp3) is 0.864. The van der Waals surface area contributed by atoms with Gasteiger partial charge in [-0.15, -0.1) is 0 Å². The first-order chi connectivity index (χ1) is 14.8. The first kappa shape index (κ1) is 30.4. The van der Waals surface area contributed by atoms with Crippen LogP contribution < -0.4 is 5.73 Å². The molecule has 0 amide bonds. The van der Waals surface area contributed by atoms with E-state index in [1.54, 1.807) is 0 Å². The summed E-state index contributed by atoms with van der Waals surface area (Å²) in [5.41, 5.74) is 6.84. The standard InChI is InChI=1S/C22H44NO7P/c1-3-4-5-10-13-19(2)14-11-8-6-7-9-12-15-21(26)22(16-23)30-31(27,28)29-18-20(25)17-24/h20,22,24-25H,2-18,23H2,1H3,(H,27,28)/t20-,22?/m1/s1. The van der Waals surface area contributed by atoms with E-state index >= 15 is 0 Å². The smallest absolute Gasteiger partial charge is 0.394 e. The fourth-order valence-electron chi connectivity index (χ4n) is 3.13. The number of unbranched alkanes of at least 4 members (excludes halogenated alkanes) is 8. The molecule has 0 aromatic rings. The second-order valence-electron chi connectivity index (χ2n) is 8.08. The summed E-state index contributed by atoms with van der Waals surface area (Å²) >= 11 is 0. The van der Waals surface area contributed by atoms with Gasteiger partial charge in [0.2, 0.25) is 0 Å². The monoisotopic (exact) mass is 465 g/mol. The van der Waals surface area contributed by atoms with Gasteiger partial charge in [-0.3, -0.25) is 13.8 Å². The van der Waals surface area contributed by atoms with Crippen LogP contribution in [0.5, 0.6) is 0 Å². The number of hydrogen-bond donors (Lipinski definition) is 4. The lowest BCUT2D eigenvalue weighted by Gasteiger charge is -2.19. The summed E-state index contributed by atoms with van der Waals surface area (Å²) in [6, 6.07) is 0. The number of carbonyl (C=O) groups is 1. The number of hydrogen-bond acceptors (Lipinski definition) is 7. The topological polar surface area (TPSA) is 139 Å². The van der Waals surface area contributed by atoms with E-state index in [2.05, 4.69) is 18.0 Å². The molecule has 184 valence electrons. The third-order valence-electron chi connectivity index (χ3n) is 5.06. The van der Waals surface area contributed by atoms with Crippen LogP contribution in [-0.4, -0.2) is 52.9 Å². The van der Waals surface area contributed by atoms with E-state index in [1.165, 1.54) is 31.3 Å². The Balaban J connectivity index is 3.86. The van der Waals surface area contributed by atoms with Gasteiger partial charge in [-0.2, -0.15) is 0 Å². The number of ketones is 1. The second-order valence-corrected chi connectivity index (χ2v) is 9.48. The van der Waals surface area contributed by atoms with Crippen molar-refractivity contribution in [1.82, 2.24) is 0 Å². The van der Waals surface area contributed by atoms with Crippen molar-refractivity contribution < 1.29 is 33.5 Å². The molecule has 0 aliphatic rings. The zero-order valence-electron chi connectivity index (χ0n) is 19.2. The average Bonchev–Trinajstić information content (AvgIpc) is 2.75. The largest absolute Gasteiger partial charge is 0.473 e. The Kier molecular flexibility index (Phi) is 18.6. The highest BCUT2D eigenvalue weighted by atomic mass is 31.2. The molecular weight excluding hydrogens is 421 g/mol. The lowest BCUT2D eigenvalue weighted by molar-refractivity contribution is -0.126. The summed E-state index contributed by atoms with van der Waals surface area (Å²) in [5.74, 6) is -0.345. The molecule has 0 fully saturated rings. The Bertz CT molecular complexity index is 530. The number of Topliss-reactive ketones (excluding diaryl/α,β-unsaturated/α-hetero) is 1. The van der Waals surface area contributed by atoms with Gasteiger partial charge in [0.1, 0.15) is 12.2 Å². The summed E-state index contributed by atoms with van der Waals surface area (Å²) in [7, 11) is -4.54. The number of nitrogens with two attached hydrogens (primary N) is 1. The maximum Gasteiger partial charge on any atom is 0.473 e. The van der Waals surface area contributed by atoms with Crippen molar-refractivity contribution in [2.45, 2.75) is 103 Å². The lowest BCUT2D eigenvalue weighted by atomic mass is 10.0. The van der Waals surface area contributed by atoms with Gasteiger partial charge in [-0.05, 0) is 32.1 Å². The van der Waals surface area contributed by atoms with E-state index in [0.29, 0.717) is 6.42 Å². The van der Waals surface area contributed by atoms with Gasteiger partial charge in [-0.25, -0.2) is 4.57 Å². The van der Waals surface area contributed by atoms with Crippen molar-refractivity contribution in [3.05, 3.63) is 12.2 Å². The predicted molar refractivity (Wildman–Crippen MR) is 123 cm³/mol. The molecule has 31 heavy (non-hydrogen) atoms. The SMILES string of the molecule is C=C(CCCCCC)CCCCCCCCC(=O)C(CN)OP(=O)(O)OC[C@H](O)CO. The van der Waals surface area contributed by atoms with Gasteiger partial charge < -0.3 is 20.8 Å². The molecule has 3 atom stereocenters. The summed E-state index contributed by atoms with van der Waals surface area (Å²) in [6.45, 7) is 4.94. The van der Waals surface area contributed by atoms with E-state index in [0.717, 1.165) is 44.9 Å². The van der Waals surface area contributed by atoms with Crippen LogP contribution >= 0.6 is 7.82 Å². The minimum absolute atomic E-state index is 0.218. The van der Waals surface area contributed by atoms with Crippen molar-refractivity contribution in [2.24, 2.45) is 5.73 Å². The van der Waals surface area contributed by atoms with E-state index in [9.17, 15) is 14.3 Å². The Morgan fingerprint density at radius 3 is 2.03 bits per heavy atom. The molecule has 9 heteroatoms. The molecule has 0 bridgehead atoms. The number of aliphatic hydroxyl groups is 2. The molecule has 0 saturated heterocycles. The minimum atomic E-state index is -4.54. The van der Waals surface area contributed by atoms with Crippen LogP contribution in [0.15, 0.2) is 12.2 Å². The second kappa shape index (κ2) is 18.9. The highest BCUT2D eigenvalue weighted by molar-refractivity contribution is 7.47.